The Morgan fingerprint density at radius 1 is 1.26 bits per heavy atom. The average Bonchev–Trinajstić information content (AvgIpc) is 2.25. The Labute approximate surface area is 114 Å². The van der Waals surface area contributed by atoms with Crippen LogP contribution in [-0.4, -0.2) is 14.5 Å². The Bertz CT molecular complexity index is 529. The van der Waals surface area contributed by atoms with Crippen molar-refractivity contribution in [2.75, 3.05) is 5.73 Å². The van der Waals surface area contributed by atoms with Gasteiger partial charge in [-0.15, -0.1) is 0 Å². The van der Waals surface area contributed by atoms with E-state index < -0.39 is 15.8 Å². The van der Waals surface area contributed by atoms with Gasteiger partial charge in [0.25, 0.3) is 0 Å². The Balaban J connectivity index is 2.81. The maximum absolute atomic E-state index is 13.6. The van der Waals surface area contributed by atoms with Crippen molar-refractivity contribution < 1.29 is 12.8 Å². The smallest absolute Gasteiger partial charge is 0.243 e. The first-order valence-electron chi connectivity index (χ1n) is 6.29. The molecule has 0 heterocycles. The van der Waals surface area contributed by atoms with E-state index in [0.717, 1.165) is 12.5 Å². The molecular formula is C13H21FN2O2S. The molecule has 1 unspecified atom stereocenters. The van der Waals surface area contributed by atoms with Crippen LogP contribution in [0.2, 0.25) is 0 Å². The lowest BCUT2D eigenvalue weighted by molar-refractivity contribution is 0.483. The third-order valence-corrected chi connectivity index (χ3v) is 4.40. The van der Waals surface area contributed by atoms with Gasteiger partial charge in [0.2, 0.25) is 10.0 Å². The number of hydrogen-bond acceptors (Lipinski definition) is 3. The summed E-state index contributed by atoms with van der Waals surface area (Å²) in [6, 6.07) is 3.33. The van der Waals surface area contributed by atoms with E-state index in [2.05, 4.69) is 18.6 Å². The van der Waals surface area contributed by atoms with E-state index in [1.54, 1.807) is 6.92 Å². The van der Waals surface area contributed by atoms with Gasteiger partial charge in [-0.2, -0.15) is 0 Å². The number of sulfonamides is 1. The van der Waals surface area contributed by atoms with Crippen LogP contribution in [0.3, 0.4) is 0 Å². The second-order valence-electron chi connectivity index (χ2n) is 5.18. The highest BCUT2D eigenvalue weighted by Gasteiger charge is 2.21. The van der Waals surface area contributed by atoms with Crippen molar-refractivity contribution in [1.29, 1.82) is 0 Å². The Kier molecular flexibility index (Phi) is 5.31. The topological polar surface area (TPSA) is 72.2 Å². The zero-order valence-electron chi connectivity index (χ0n) is 11.5. The standard InChI is InChI=1S/C13H21FN2O2S/c1-9(2)4-5-10(3)16-19(17,18)13-7-6-11(15)8-12(13)14/h6-10,16H,4-5,15H2,1-3H3. The number of anilines is 1. The molecule has 0 fully saturated rings. The molecular weight excluding hydrogens is 267 g/mol. The lowest BCUT2D eigenvalue weighted by Gasteiger charge is -2.15. The summed E-state index contributed by atoms with van der Waals surface area (Å²) < 4.78 is 40.1. The van der Waals surface area contributed by atoms with Crippen LogP contribution in [-0.2, 0) is 10.0 Å². The summed E-state index contributed by atoms with van der Waals surface area (Å²) in [6.45, 7) is 5.91. The van der Waals surface area contributed by atoms with E-state index in [4.69, 9.17) is 5.73 Å². The molecule has 0 aliphatic heterocycles. The van der Waals surface area contributed by atoms with Gasteiger partial charge in [-0.3, -0.25) is 0 Å². The zero-order valence-corrected chi connectivity index (χ0v) is 12.3. The van der Waals surface area contributed by atoms with Crippen molar-refractivity contribution in [1.82, 2.24) is 4.72 Å². The predicted molar refractivity (Wildman–Crippen MR) is 74.7 cm³/mol. The highest BCUT2D eigenvalue weighted by atomic mass is 32.2. The molecule has 3 N–H and O–H groups in total. The van der Waals surface area contributed by atoms with Gasteiger partial charge >= 0.3 is 0 Å². The highest BCUT2D eigenvalue weighted by molar-refractivity contribution is 7.89. The molecule has 0 aromatic heterocycles. The van der Waals surface area contributed by atoms with Gasteiger partial charge in [-0.05, 0) is 43.9 Å². The minimum atomic E-state index is -3.84. The second kappa shape index (κ2) is 6.34. The molecule has 1 rings (SSSR count). The molecule has 0 radical (unpaired) electrons. The van der Waals surface area contributed by atoms with E-state index in [1.807, 2.05) is 0 Å². The highest BCUT2D eigenvalue weighted by Crippen LogP contribution is 2.18. The SMILES string of the molecule is CC(C)CCC(C)NS(=O)(=O)c1ccc(N)cc1F. The first-order valence-corrected chi connectivity index (χ1v) is 7.78. The van der Waals surface area contributed by atoms with Gasteiger partial charge < -0.3 is 5.73 Å². The third kappa shape index (κ3) is 4.80. The van der Waals surface area contributed by atoms with Gasteiger partial charge in [0.15, 0.2) is 0 Å². The van der Waals surface area contributed by atoms with Gasteiger partial charge in [0, 0.05) is 11.7 Å². The fourth-order valence-electron chi connectivity index (χ4n) is 1.71. The first kappa shape index (κ1) is 15.9. The summed E-state index contributed by atoms with van der Waals surface area (Å²) in [5.74, 6) is -0.330. The summed E-state index contributed by atoms with van der Waals surface area (Å²) in [5, 5.41) is 0. The second-order valence-corrected chi connectivity index (χ2v) is 6.87. The number of nitrogens with one attached hydrogen (secondary N) is 1. The van der Waals surface area contributed by atoms with E-state index in [-0.39, 0.29) is 16.6 Å². The Morgan fingerprint density at radius 2 is 1.89 bits per heavy atom. The Hall–Kier alpha value is -1.14. The van der Waals surface area contributed by atoms with Gasteiger partial charge in [0.05, 0.1) is 0 Å². The fourth-order valence-corrected chi connectivity index (χ4v) is 3.04. The number of nitrogen functional groups attached to an aromatic ring is 1. The lowest BCUT2D eigenvalue weighted by Crippen LogP contribution is -2.33. The van der Waals surface area contributed by atoms with Gasteiger partial charge in [-0.1, -0.05) is 13.8 Å². The van der Waals surface area contributed by atoms with Crippen LogP contribution < -0.4 is 10.5 Å². The maximum atomic E-state index is 13.6. The summed E-state index contributed by atoms with van der Waals surface area (Å²) in [4.78, 5) is -0.363. The molecule has 1 aromatic carbocycles. The largest absolute Gasteiger partial charge is 0.399 e. The maximum Gasteiger partial charge on any atom is 0.243 e. The summed E-state index contributed by atoms with van der Waals surface area (Å²) >= 11 is 0. The number of hydrogen-bond donors (Lipinski definition) is 2. The molecule has 19 heavy (non-hydrogen) atoms. The molecule has 0 spiro atoms. The Morgan fingerprint density at radius 3 is 2.42 bits per heavy atom. The van der Waals surface area contributed by atoms with Crippen molar-refractivity contribution in [2.24, 2.45) is 5.92 Å². The molecule has 4 nitrogen and oxygen atoms in total. The molecule has 6 heteroatoms. The monoisotopic (exact) mass is 288 g/mol. The van der Waals surface area contributed by atoms with Crippen molar-refractivity contribution in [3.63, 3.8) is 0 Å². The van der Waals surface area contributed by atoms with Crippen molar-refractivity contribution >= 4 is 15.7 Å². The van der Waals surface area contributed by atoms with Crippen molar-refractivity contribution in [3.8, 4) is 0 Å². The van der Waals surface area contributed by atoms with Crippen LogP contribution in [0, 0.1) is 11.7 Å². The lowest BCUT2D eigenvalue weighted by atomic mass is 10.1. The van der Waals surface area contributed by atoms with E-state index >= 15 is 0 Å². The van der Waals surface area contributed by atoms with Crippen LogP contribution in [0.1, 0.15) is 33.6 Å². The van der Waals surface area contributed by atoms with Crippen LogP contribution in [0.4, 0.5) is 10.1 Å². The van der Waals surface area contributed by atoms with Gasteiger partial charge in [0.1, 0.15) is 10.7 Å². The molecule has 0 aliphatic carbocycles. The van der Waals surface area contributed by atoms with Crippen molar-refractivity contribution in [3.05, 3.63) is 24.0 Å². The summed E-state index contributed by atoms with van der Waals surface area (Å²) in [7, 11) is -3.84. The minimum Gasteiger partial charge on any atom is -0.399 e. The molecule has 1 atom stereocenters. The predicted octanol–water partition coefficient (Wildman–Crippen LogP) is 2.51. The molecule has 0 saturated heterocycles. The third-order valence-electron chi connectivity index (χ3n) is 2.78. The van der Waals surface area contributed by atoms with E-state index in [9.17, 15) is 12.8 Å². The van der Waals surface area contributed by atoms with Gasteiger partial charge in [-0.25, -0.2) is 17.5 Å². The average molecular weight is 288 g/mol. The van der Waals surface area contributed by atoms with E-state index in [0.29, 0.717) is 12.3 Å². The summed E-state index contributed by atoms with van der Waals surface area (Å²) in [5.41, 5.74) is 5.60. The molecule has 108 valence electrons. The van der Waals surface area contributed by atoms with Crippen molar-refractivity contribution in [2.45, 2.75) is 44.6 Å². The molecule has 0 saturated carbocycles. The number of nitrogens with two attached hydrogens (primary N) is 1. The molecule has 0 bridgehead atoms. The zero-order chi connectivity index (χ0) is 14.6. The number of halogens is 1. The molecule has 0 aliphatic rings. The fraction of sp³-hybridized carbons (Fsp3) is 0.538. The minimum absolute atomic E-state index is 0.198. The molecule has 1 aromatic rings. The number of benzene rings is 1. The number of rotatable bonds is 6. The van der Waals surface area contributed by atoms with Crippen LogP contribution in [0.15, 0.2) is 23.1 Å². The molecule has 0 amide bonds. The van der Waals surface area contributed by atoms with Crippen LogP contribution >= 0.6 is 0 Å². The van der Waals surface area contributed by atoms with Crippen LogP contribution in [0.25, 0.3) is 0 Å². The normalized spacial score (nSPS) is 13.7. The summed E-state index contributed by atoms with van der Waals surface area (Å²) in [6.07, 6.45) is 1.63. The van der Waals surface area contributed by atoms with Crippen LogP contribution in [0.5, 0.6) is 0 Å². The van der Waals surface area contributed by atoms with E-state index in [1.165, 1.54) is 12.1 Å². The quantitative estimate of drug-likeness (QED) is 0.790. The first-order chi connectivity index (χ1) is 8.72.